The molecule has 1 N–H and O–H groups in total. The Morgan fingerprint density at radius 2 is 1.77 bits per heavy atom. The number of hydrogen-bond donors (Lipinski definition) is 1. The first kappa shape index (κ1) is 19.7. The maximum absolute atomic E-state index is 12.5. The van der Waals surface area contributed by atoms with Gasteiger partial charge < -0.3 is 10.1 Å². The molecule has 0 aliphatic heterocycles. The molecule has 5 nitrogen and oxygen atoms in total. The van der Waals surface area contributed by atoms with Gasteiger partial charge in [-0.15, -0.1) is 0 Å². The molecule has 0 aromatic heterocycles. The van der Waals surface area contributed by atoms with E-state index in [4.69, 9.17) is 4.74 Å². The second-order valence-electron chi connectivity index (χ2n) is 5.90. The van der Waals surface area contributed by atoms with E-state index in [2.05, 4.69) is 11.9 Å². The van der Waals surface area contributed by atoms with Gasteiger partial charge in [0.15, 0.2) is 9.84 Å². The Morgan fingerprint density at radius 3 is 2.27 bits per heavy atom. The smallest absolute Gasteiger partial charge is 0.251 e. The lowest BCUT2D eigenvalue weighted by atomic mass is 10.0. The van der Waals surface area contributed by atoms with Crippen molar-refractivity contribution in [1.82, 2.24) is 5.32 Å². The monoisotopic (exact) mass is 373 g/mol. The molecule has 1 amide bonds. The number of carbonyl (C=O) groups is 1. The van der Waals surface area contributed by atoms with Crippen molar-refractivity contribution in [2.24, 2.45) is 0 Å². The Hall–Kier alpha value is -2.60. The van der Waals surface area contributed by atoms with E-state index in [1.54, 1.807) is 54.6 Å². The number of hydrogen-bond acceptors (Lipinski definition) is 4. The summed E-state index contributed by atoms with van der Waals surface area (Å²) < 4.78 is 28.5. The van der Waals surface area contributed by atoms with Crippen molar-refractivity contribution in [1.29, 1.82) is 0 Å². The number of benzene rings is 2. The quantitative estimate of drug-likeness (QED) is 0.719. The number of amides is 1. The molecule has 0 heterocycles. The van der Waals surface area contributed by atoms with E-state index in [0.717, 1.165) is 5.56 Å². The number of carbonyl (C=O) groups excluding carboxylic acids is 1. The zero-order valence-electron chi connectivity index (χ0n) is 14.9. The molecule has 26 heavy (non-hydrogen) atoms. The van der Waals surface area contributed by atoms with Gasteiger partial charge in [-0.3, -0.25) is 4.79 Å². The van der Waals surface area contributed by atoms with Crippen molar-refractivity contribution in [2.75, 3.05) is 12.9 Å². The second kappa shape index (κ2) is 8.67. The van der Waals surface area contributed by atoms with Crippen molar-refractivity contribution >= 4 is 15.7 Å². The minimum absolute atomic E-state index is 0.195. The number of ether oxygens (including phenoxy) is 1. The van der Waals surface area contributed by atoms with E-state index < -0.39 is 9.84 Å². The molecule has 0 saturated carbocycles. The molecule has 0 aliphatic carbocycles. The summed E-state index contributed by atoms with van der Waals surface area (Å²) in [6.07, 6.45) is 3.51. The van der Waals surface area contributed by atoms with Crippen LogP contribution in [-0.4, -0.2) is 27.2 Å². The summed E-state index contributed by atoms with van der Waals surface area (Å²) in [5.74, 6) is 0.476. The number of nitrogens with one attached hydrogen (secondary N) is 1. The summed E-state index contributed by atoms with van der Waals surface area (Å²) in [6.45, 7) is 5.96. The third kappa shape index (κ3) is 5.20. The lowest BCUT2D eigenvalue weighted by molar-refractivity contribution is 0.0935. The van der Waals surface area contributed by atoms with Crippen LogP contribution in [0, 0.1) is 0 Å². The summed E-state index contributed by atoms with van der Waals surface area (Å²) in [5, 5.41) is 2.97. The van der Waals surface area contributed by atoms with Crippen LogP contribution >= 0.6 is 0 Å². The van der Waals surface area contributed by atoms with Crippen molar-refractivity contribution in [3.05, 3.63) is 72.3 Å². The molecule has 0 unspecified atom stereocenters. The van der Waals surface area contributed by atoms with Gasteiger partial charge in [0.05, 0.1) is 10.9 Å². The first-order valence-corrected chi connectivity index (χ1v) is 10.2. The molecule has 2 aromatic rings. The van der Waals surface area contributed by atoms with Crippen molar-refractivity contribution in [3.63, 3.8) is 0 Å². The van der Waals surface area contributed by atoms with Gasteiger partial charge in [0, 0.05) is 11.8 Å². The van der Waals surface area contributed by atoms with Crippen molar-refractivity contribution in [3.8, 4) is 5.75 Å². The summed E-state index contributed by atoms with van der Waals surface area (Å²) in [4.78, 5) is 12.7. The molecule has 0 bridgehead atoms. The molecule has 1 atom stereocenters. The summed E-state index contributed by atoms with van der Waals surface area (Å²) in [6, 6.07) is 13.3. The van der Waals surface area contributed by atoms with Gasteiger partial charge in [-0.05, 0) is 48.4 Å². The van der Waals surface area contributed by atoms with E-state index in [-0.39, 0.29) is 16.8 Å². The van der Waals surface area contributed by atoms with Gasteiger partial charge in [-0.1, -0.05) is 31.7 Å². The van der Waals surface area contributed by atoms with E-state index in [9.17, 15) is 13.2 Å². The molecule has 6 heteroatoms. The summed E-state index contributed by atoms with van der Waals surface area (Å²) >= 11 is 0. The lowest BCUT2D eigenvalue weighted by Crippen LogP contribution is -2.28. The van der Waals surface area contributed by atoms with Gasteiger partial charge in [0.25, 0.3) is 5.91 Å². The number of rotatable bonds is 8. The molecule has 138 valence electrons. The lowest BCUT2D eigenvalue weighted by Gasteiger charge is -2.18. The van der Waals surface area contributed by atoms with E-state index >= 15 is 0 Å². The fourth-order valence-corrected chi connectivity index (χ4v) is 3.10. The fraction of sp³-hybridized carbons (Fsp3) is 0.250. The molecule has 2 aromatic carbocycles. The molecular weight excluding hydrogens is 350 g/mol. The van der Waals surface area contributed by atoms with Crippen LogP contribution in [0.5, 0.6) is 5.75 Å². The van der Waals surface area contributed by atoms with Crippen LogP contribution in [0.2, 0.25) is 0 Å². The maximum Gasteiger partial charge on any atom is 0.251 e. The van der Waals surface area contributed by atoms with Gasteiger partial charge in [0.1, 0.15) is 12.4 Å². The van der Waals surface area contributed by atoms with Crippen LogP contribution in [0.4, 0.5) is 0 Å². The zero-order chi connectivity index (χ0) is 19.2. The van der Waals surface area contributed by atoms with Gasteiger partial charge in [-0.25, -0.2) is 8.42 Å². The SMILES string of the molecule is C=CCOc1ccc(C(=O)N[C@@H](CC)c2ccc(S(C)(=O)=O)cc2)cc1. The average molecular weight is 373 g/mol. The normalized spacial score (nSPS) is 12.2. The van der Waals surface area contributed by atoms with E-state index in [1.807, 2.05) is 6.92 Å². The molecule has 0 fully saturated rings. The topological polar surface area (TPSA) is 72.5 Å². The van der Waals surface area contributed by atoms with Crippen LogP contribution in [0.15, 0.2) is 66.1 Å². The van der Waals surface area contributed by atoms with E-state index in [1.165, 1.54) is 6.26 Å². The van der Waals surface area contributed by atoms with Crippen LogP contribution < -0.4 is 10.1 Å². The number of sulfone groups is 1. The van der Waals surface area contributed by atoms with Gasteiger partial charge in [-0.2, -0.15) is 0 Å². The minimum atomic E-state index is -3.23. The Balaban J connectivity index is 2.09. The fourth-order valence-electron chi connectivity index (χ4n) is 2.47. The average Bonchev–Trinajstić information content (AvgIpc) is 2.64. The Bertz CT molecular complexity index is 856. The van der Waals surface area contributed by atoms with E-state index in [0.29, 0.717) is 24.3 Å². The third-order valence-corrected chi connectivity index (χ3v) is 5.04. The third-order valence-electron chi connectivity index (χ3n) is 3.91. The summed E-state index contributed by atoms with van der Waals surface area (Å²) in [5.41, 5.74) is 1.39. The molecule has 2 rings (SSSR count). The predicted octanol–water partition coefficient (Wildman–Crippen LogP) is 3.54. The molecule has 0 saturated heterocycles. The highest BCUT2D eigenvalue weighted by Crippen LogP contribution is 2.20. The van der Waals surface area contributed by atoms with Crippen LogP contribution in [0.3, 0.4) is 0 Å². The van der Waals surface area contributed by atoms with Gasteiger partial charge in [0.2, 0.25) is 0 Å². The van der Waals surface area contributed by atoms with Crippen molar-refractivity contribution < 1.29 is 17.9 Å². The Labute approximate surface area is 154 Å². The minimum Gasteiger partial charge on any atom is -0.490 e. The molecule has 0 radical (unpaired) electrons. The standard InChI is InChI=1S/C20H23NO4S/c1-4-14-25-17-10-6-16(7-11-17)20(22)21-19(5-2)15-8-12-18(13-9-15)26(3,23)24/h4,6-13,19H,1,5,14H2,2-3H3,(H,21,22)/t19-/m0/s1. The van der Waals surface area contributed by atoms with Crippen LogP contribution in [-0.2, 0) is 9.84 Å². The van der Waals surface area contributed by atoms with Crippen LogP contribution in [0.1, 0.15) is 35.3 Å². The molecular formula is C20H23NO4S. The predicted molar refractivity (Wildman–Crippen MR) is 102 cm³/mol. The summed E-state index contributed by atoms with van der Waals surface area (Å²) in [7, 11) is -3.23. The Kier molecular flexibility index (Phi) is 6.58. The van der Waals surface area contributed by atoms with Gasteiger partial charge >= 0.3 is 0 Å². The largest absolute Gasteiger partial charge is 0.490 e. The molecule has 0 aliphatic rings. The Morgan fingerprint density at radius 1 is 1.15 bits per heavy atom. The maximum atomic E-state index is 12.5. The first-order chi connectivity index (χ1) is 12.3. The molecule has 0 spiro atoms. The van der Waals surface area contributed by atoms with Crippen LogP contribution in [0.25, 0.3) is 0 Å². The highest BCUT2D eigenvalue weighted by Gasteiger charge is 2.15. The highest BCUT2D eigenvalue weighted by molar-refractivity contribution is 7.90. The first-order valence-electron chi connectivity index (χ1n) is 8.29. The second-order valence-corrected chi connectivity index (χ2v) is 7.92. The van der Waals surface area contributed by atoms with Crippen molar-refractivity contribution in [2.45, 2.75) is 24.3 Å². The highest BCUT2D eigenvalue weighted by atomic mass is 32.2. The zero-order valence-corrected chi connectivity index (χ0v) is 15.8.